The zero-order valence-corrected chi connectivity index (χ0v) is 44.9. The van der Waals surface area contributed by atoms with Crippen LogP contribution in [0.2, 0.25) is 0 Å². The molecule has 7 rings (SSSR count). The first-order valence-corrected chi connectivity index (χ1v) is 24.8. The summed E-state index contributed by atoms with van der Waals surface area (Å²) >= 11 is 0. The highest BCUT2D eigenvalue weighted by molar-refractivity contribution is 5.89. The first-order chi connectivity index (χ1) is 38.3. The van der Waals surface area contributed by atoms with Gasteiger partial charge in [0, 0.05) is 0 Å². The highest BCUT2D eigenvalue weighted by atomic mass is 16.5. The van der Waals surface area contributed by atoms with Crippen LogP contribution in [0.25, 0.3) is 21.5 Å². The molecule has 0 fully saturated rings. The molecule has 0 atom stereocenters. The zero-order chi connectivity index (χ0) is 56.3. The van der Waals surface area contributed by atoms with Crippen molar-refractivity contribution in [1.29, 1.82) is 0 Å². The Kier molecular flexibility index (Phi) is 32.1. The predicted octanol–water partition coefficient (Wildman–Crippen LogP) is 17.3. The molecule has 0 amide bonds. The second kappa shape index (κ2) is 39.9. The van der Waals surface area contributed by atoms with Crippen molar-refractivity contribution < 1.29 is 47.4 Å². The zero-order valence-electron chi connectivity index (χ0n) is 44.9. The van der Waals surface area contributed by atoms with E-state index in [1.54, 1.807) is 0 Å². The van der Waals surface area contributed by atoms with E-state index in [1.165, 1.54) is 84.2 Å². The lowest BCUT2D eigenvalue weighted by molar-refractivity contribution is 0.219. The van der Waals surface area contributed by atoms with Crippen LogP contribution >= 0.6 is 0 Å². The normalized spacial score (nSPS) is 9.54. The monoisotopic (exact) mass is 1050 g/mol. The van der Waals surface area contributed by atoms with Crippen LogP contribution in [0.5, 0.6) is 0 Å². The van der Waals surface area contributed by atoms with Gasteiger partial charge in [0.2, 0.25) is 0 Å². The number of benzene rings is 7. The molecule has 0 heterocycles. The van der Waals surface area contributed by atoms with E-state index < -0.39 is 0 Å². The Bertz CT molecular complexity index is 2730. The van der Waals surface area contributed by atoms with E-state index in [-0.39, 0.29) is 0 Å². The van der Waals surface area contributed by atoms with Crippen LogP contribution in [-0.4, -0.2) is 0 Å². The average Bonchev–Trinajstić information content (AvgIpc) is 3.52. The molecular formula is C68H74O10. The van der Waals surface area contributed by atoms with Crippen molar-refractivity contribution in [2.75, 3.05) is 0 Å². The molecular weight excluding hydrogens is 977 g/mol. The Morgan fingerprint density at radius 1 is 0.231 bits per heavy atom. The summed E-state index contributed by atoms with van der Waals surface area (Å²) in [6.45, 7) is 40.6. The molecule has 7 aromatic rings. The van der Waals surface area contributed by atoms with Gasteiger partial charge in [-0.25, -0.2) is 0 Å². The van der Waals surface area contributed by atoms with Gasteiger partial charge in [0.1, 0.15) is 66.1 Å². The second-order valence-electron chi connectivity index (χ2n) is 16.0. The molecule has 0 unspecified atom stereocenters. The van der Waals surface area contributed by atoms with Gasteiger partial charge < -0.3 is 47.4 Å². The molecule has 7 aromatic carbocycles. The Hall–Kier alpha value is -9.54. The Morgan fingerprint density at radius 2 is 0.487 bits per heavy atom. The van der Waals surface area contributed by atoms with Crippen molar-refractivity contribution in [2.24, 2.45) is 0 Å². The molecule has 10 nitrogen and oxygen atoms in total. The second-order valence-corrected chi connectivity index (χ2v) is 16.0. The van der Waals surface area contributed by atoms with E-state index in [0.29, 0.717) is 66.1 Å². The Balaban J connectivity index is 0.000000258. The highest BCUT2D eigenvalue weighted by Gasteiger charge is 2.08. The molecule has 78 heavy (non-hydrogen) atoms. The fraction of sp³-hybridized carbons (Fsp3) is 0.147. The number of rotatable bonds is 30. The fourth-order valence-electron chi connectivity index (χ4n) is 7.33. The van der Waals surface area contributed by atoms with Crippen LogP contribution in [-0.2, 0) is 113 Å². The van der Waals surface area contributed by atoms with Crippen molar-refractivity contribution in [2.45, 2.75) is 66.1 Å². The van der Waals surface area contributed by atoms with E-state index in [4.69, 9.17) is 47.4 Å². The van der Waals surface area contributed by atoms with Crippen molar-refractivity contribution in [3.8, 4) is 0 Å². The lowest BCUT2D eigenvalue weighted by Gasteiger charge is -2.11. The standard InChI is InChI=1S/2C16H16O2.3C12H14O2/c1-3-17-11-13-7-5-10-16-14(12-18-4-2)8-6-9-15(13)16;1-3-17-11-14-9-5-7-13-8-6-10-15(16(13)14)12-18-4-2;1-3-13-9-11-5-7-12(8-6-11)10-14-4-2;1-3-13-9-11-6-5-7-12(8-11)10-14-4-2;1-3-13-9-11-7-5-6-8-12(11)10-14-4-2/h2*3-10H,1-2,11-12H2;3*3-8H,1-2,9-10H2. The summed E-state index contributed by atoms with van der Waals surface area (Å²) in [5.41, 5.74) is 11.2. The van der Waals surface area contributed by atoms with Crippen LogP contribution in [0.15, 0.2) is 274 Å². The van der Waals surface area contributed by atoms with Gasteiger partial charge in [-0.15, -0.1) is 0 Å². The third kappa shape index (κ3) is 23.8. The SMILES string of the molecule is C=COCc1ccc(COC=C)cc1.C=COCc1cccc(COC=C)c1.C=COCc1cccc2c(COC=C)cccc12.C=COCc1cccc2cccc(COC=C)c12.C=COCc1ccccc1COC=C. The van der Waals surface area contributed by atoms with E-state index in [0.717, 1.165) is 55.6 Å². The van der Waals surface area contributed by atoms with E-state index >= 15 is 0 Å². The number of hydrogen-bond acceptors (Lipinski definition) is 10. The molecule has 10 heteroatoms. The van der Waals surface area contributed by atoms with Crippen molar-refractivity contribution in [3.63, 3.8) is 0 Å². The molecule has 0 bridgehead atoms. The summed E-state index contributed by atoms with van der Waals surface area (Å²) in [4.78, 5) is 0. The van der Waals surface area contributed by atoms with Gasteiger partial charge in [-0.3, -0.25) is 0 Å². The minimum absolute atomic E-state index is 0.520. The summed E-state index contributed by atoms with van der Waals surface area (Å²) in [5, 5.41) is 4.74. The predicted molar refractivity (Wildman–Crippen MR) is 317 cm³/mol. The van der Waals surface area contributed by atoms with E-state index in [9.17, 15) is 0 Å². The van der Waals surface area contributed by atoms with Gasteiger partial charge in [-0.2, -0.15) is 0 Å². The van der Waals surface area contributed by atoms with Gasteiger partial charge in [-0.1, -0.05) is 205 Å². The van der Waals surface area contributed by atoms with Crippen LogP contribution in [0.3, 0.4) is 0 Å². The third-order valence-electron chi connectivity index (χ3n) is 10.9. The number of ether oxygens (including phenoxy) is 10. The minimum Gasteiger partial charge on any atom is -0.497 e. The van der Waals surface area contributed by atoms with E-state index in [1.807, 2.05) is 97.1 Å². The summed E-state index contributed by atoms with van der Waals surface area (Å²) in [6.07, 6.45) is 14.5. The molecule has 0 saturated heterocycles. The fourth-order valence-corrected chi connectivity index (χ4v) is 7.33. The van der Waals surface area contributed by atoms with Gasteiger partial charge >= 0.3 is 0 Å². The Labute approximate surface area is 462 Å². The van der Waals surface area contributed by atoms with Crippen LogP contribution in [0.4, 0.5) is 0 Å². The van der Waals surface area contributed by atoms with Gasteiger partial charge in [0.15, 0.2) is 0 Å². The van der Waals surface area contributed by atoms with Crippen molar-refractivity contribution in [3.05, 3.63) is 330 Å². The molecule has 0 aliphatic heterocycles. The van der Waals surface area contributed by atoms with Crippen LogP contribution in [0, 0.1) is 0 Å². The summed E-state index contributed by atoms with van der Waals surface area (Å²) in [6, 6.07) is 48.7. The van der Waals surface area contributed by atoms with Crippen LogP contribution < -0.4 is 0 Å². The first-order valence-electron chi connectivity index (χ1n) is 24.8. The third-order valence-corrected chi connectivity index (χ3v) is 10.9. The largest absolute Gasteiger partial charge is 0.497 e. The number of fused-ring (bicyclic) bond motifs is 2. The molecule has 406 valence electrons. The minimum atomic E-state index is 0.520. The lowest BCUT2D eigenvalue weighted by Crippen LogP contribution is -1.95. The van der Waals surface area contributed by atoms with Crippen LogP contribution in [0.1, 0.15) is 55.6 Å². The quantitative estimate of drug-likeness (QED) is 0.0406. The Morgan fingerprint density at radius 3 is 0.833 bits per heavy atom. The summed E-state index contributed by atoms with van der Waals surface area (Å²) in [7, 11) is 0. The van der Waals surface area contributed by atoms with Gasteiger partial charge in [-0.05, 0) is 83.2 Å². The van der Waals surface area contributed by atoms with Crippen molar-refractivity contribution >= 4 is 21.5 Å². The topological polar surface area (TPSA) is 92.3 Å². The number of hydrogen-bond donors (Lipinski definition) is 0. The maximum absolute atomic E-state index is 5.29. The van der Waals surface area contributed by atoms with Gasteiger partial charge in [0.25, 0.3) is 0 Å². The molecule has 0 radical (unpaired) electrons. The average molecular weight is 1050 g/mol. The summed E-state index contributed by atoms with van der Waals surface area (Å²) in [5.74, 6) is 0. The molecule has 0 aliphatic rings. The highest BCUT2D eigenvalue weighted by Crippen LogP contribution is 2.26. The molecule has 0 N–H and O–H groups in total. The first kappa shape index (κ1) is 62.8. The molecule has 0 aromatic heterocycles. The smallest absolute Gasteiger partial charge is 0.113 e. The molecule has 0 saturated carbocycles. The van der Waals surface area contributed by atoms with Crippen molar-refractivity contribution in [1.82, 2.24) is 0 Å². The molecule has 0 aliphatic carbocycles. The maximum Gasteiger partial charge on any atom is 0.113 e. The lowest BCUT2D eigenvalue weighted by atomic mass is 10.00. The molecule has 0 spiro atoms. The van der Waals surface area contributed by atoms with Gasteiger partial charge in [0.05, 0.1) is 62.6 Å². The summed E-state index contributed by atoms with van der Waals surface area (Å²) < 4.78 is 51.6. The van der Waals surface area contributed by atoms with E-state index in [2.05, 4.69) is 114 Å². The maximum atomic E-state index is 5.29.